The van der Waals surface area contributed by atoms with Crippen molar-refractivity contribution in [3.05, 3.63) is 60.7 Å². The summed E-state index contributed by atoms with van der Waals surface area (Å²) < 4.78 is 64.5. The lowest BCUT2D eigenvalue weighted by Crippen LogP contribution is -2.67. The van der Waals surface area contributed by atoms with Crippen LogP contribution >= 0.6 is 0 Å². The first-order valence-corrected chi connectivity index (χ1v) is 15.3. The highest BCUT2D eigenvalue weighted by Gasteiger charge is 2.50. The SMILES string of the molecule is CC(C)(C)[Si](OC[C@H](CCS(=O)(=O)O)NS(C)(=O)=O)(c1ccccc1)c1ccccc1. The summed E-state index contributed by atoms with van der Waals surface area (Å²) >= 11 is 0. The summed E-state index contributed by atoms with van der Waals surface area (Å²) in [6, 6.07) is 18.9. The number of sulfonamides is 1. The zero-order chi connectivity index (χ0) is 23.3. The highest BCUT2D eigenvalue weighted by Crippen LogP contribution is 2.36. The van der Waals surface area contributed by atoms with Crippen LogP contribution in [0.5, 0.6) is 0 Å². The molecule has 0 bridgehead atoms. The number of benzene rings is 2. The van der Waals surface area contributed by atoms with Crippen molar-refractivity contribution in [1.29, 1.82) is 0 Å². The third-order valence-electron chi connectivity index (χ3n) is 5.02. The average molecular weight is 486 g/mol. The van der Waals surface area contributed by atoms with Crippen molar-refractivity contribution >= 4 is 38.8 Å². The van der Waals surface area contributed by atoms with Crippen molar-refractivity contribution in [3.8, 4) is 0 Å². The van der Waals surface area contributed by atoms with E-state index in [1.54, 1.807) is 0 Å². The summed E-state index contributed by atoms with van der Waals surface area (Å²) in [4.78, 5) is 0. The Balaban J connectivity index is 2.51. The molecule has 0 aromatic heterocycles. The molecule has 2 aromatic rings. The second kappa shape index (κ2) is 9.93. The highest BCUT2D eigenvalue weighted by atomic mass is 32.2. The van der Waals surface area contributed by atoms with Crippen molar-refractivity contribution in [2.75, 3.05) is 18.6 Å². The average Bonchev–Trinajstić information content (AvgIpc) is 2.65. The number of hydrogen-bond acceptors (Lipinski definition) is 5. The molecule has 0 heterocycles. The van der Waals surface area contributed by atoms with Crippen molar-refractivity contribution in [3.63, 3.8) is 0 Å². The molecule has 0 aliphatic carbocycles. The topological polar surface area (TPSA) is 110 Å². The van der Waals surface area contributed by atoms with Crippen LogP contribution in [0.4, 0.5) is 0 Å². The summed E-state index contributed by atoms with van der Waals surface area (Å²) in [6.07, 6.45) is 0.903. The monoisotopic (exact) mass is 485 g/mol. The van der Waals surface area contributed by atoms with E-state index in [4.69, 9.17) is 8.98 Å². The van der Waals surface area contributed by atoms with Gasteiger partial charge in [0.1, 0.15) is 0 Å². The van der Waals surface area contributed by atoms with Gasteiger partial charge in [-0.2, -0.15) is 8.42 Å². The Bertz CT molecular complexity index is 1010. The van der Waals surface area contributed by atoms with Gasteiger partial charge < -0.3 is 4.43 Å². The molecule has 0 radical (unpaired) electrons. The van der Waals surface area contributed by atoms with Crippen LogP contribution in [-0.2, 0) is 24.6 Å². The van der Waals surface area contributed by atoms with Crippen LogP contribution in [0, 0.1) is 0 Å². The van der Waals surface area contributed by atoms with Gasteiger partial charge in [-0.1, -0.05) is 81.4 Å². The van der Waals surface area contributed by atoms with Gasteiger partial charge in [0.25, 0.3) is 18.4 Å². The fourth-order valence-electron chi connectivity index (χ4n) is 3.76. The van der Waals surface area contributed by atoms with E-state index in [2.05, 4.69) is 25.5 Å². The van der Waals surface area contributed by atoms with Crippen molar-refractivity contribution in [2.24, 2.45) is 0 Å². The molecule has 172 valence electrons. The lowest BCUT2D eigenvalue weighted by atomic mass is 10.2. The quantitative estimate of drug-likeness (QED) is 0.392. The maximum Gasteiger partial charge on any atom is 0.264 e. The van der Waals surface area contributed by atoms with E-state index in [0.29, 0.717) is 0 Å². The molecule has 0 unspecified atom stereocenters. The molecular formula is C21H31NO6S2Si. The second-order valence-corrected chi connectivity index (χ2v) is 16.3. The highest BCUT2D eigenvalue weighted by molar-refractivity contribution is 7.88. The predicted octanol–water partition coefficient (Wildman–Crippen LogP) is 1.76. The molecule has 0 aliphatic rings. The summed E-state index contributed by atoms with van der Waals surface area (Å²) in [7, 11) is -10.8. The van der Waals surface area contributed by atoms with Gasteiger partial charge in [0.15, 0.2) is 0 Å². The van der Waals surface area contributed by atoms with Gasteiger partial charge in [-0.3, -0.25) is 4.55 Å². The standard InChI is InChI=1S/C21H31NO6S2Si/c1-21(2,3)31(19-11-7-5-8-12-19,20-13-9-6-10-14-20)28-17-18(22-29(4,23)24)15-16-30(25,26)27/h5-14,18,22H,15-17H2,1-4H3,(H,25,26,27)/t18-/m0/s1. The molecular weight excluding hydrogens is 454 g/mol. The van der Waals surface area contributed by atoms with E-state index < -0.39 is 40.3 Å². The van der Waals surface area contributed by atoms with Gasteiger partial charge in [-0.25, -0.2) is 13.1 Å². The molecule has 0 saturated heterocycles. The Kier molecular flexibility index (Phi) is 8.23. The van der Waals surface area contributed by atoms with Crippen LogP contribution in [0.15, 0.2) is 60.7 Å². The van der Waals surface area contributed by atoms with Crippen LogP contribution in [0.25, 0.3) is 0 Å². The van der Waals surface area contributed by atoms with Gasteiger partial charge >= 0.3 is 0 Å². The molecule has 2 aromatic carbocycles. The first-order valence-electron chi connectivity index (χ1n) is 9.92. The zero-order valence-electron chi connectivity index (χ0n) is 18.3. The molecule has 1 atom stereocenters. The Hall–Kier alpha value is -1.56. The third-order valence-corrected chi connectivity index (χ3v) is 11.5. The summed E-state index contributed by atoms with van der Waals surface area (Å²) in [5, 5.41) is 1.75. The van der Waals surface area contributed by atoms with Crippen LogP contribution in [-0.4, -0.2) is 54.4 Å². The number of rotatable bonds is 10. The molecule has 7 nitrogen and oxygen atoms in total. The zero-order valence-corrected chi connectivity index (χ0v) is 20.9. The maximum absolute atomic E-state index is 11.9. The molecule has 0 spiro atoms. The van der Waals surface area contributed by atoms with Crippen molar-refractivity contribution in [1.82, 2.24) is 4.72 Å². The van der Waals surface area contributed by atoms with Gasteiger partial charge in [0.05, 0.1) is 18.6 Å². The molecule has 2 N–H and O–H groups in total. The van der Waals surface area contributed by atoms with Crippen LogP contribution in [0.3, 0.4) is 0 Å². The Morgan fingerprint density at radius 2 is 1.39 bits per heavy atom. The van der Waals surface area contributed by atoms with Crippen LogP contribution in [0.2, 0.25) is 5.04 Å². The van der Waals surface area contributed by atoms with E-state index in [0.717, 1.165) is 16.6 Å². The van der Waals surface area contributed by atoms with E-state index in [1.165, 1.54) is 0 Å². The van der Waals surface area contributed by atoms with Gasteiger partial charge in [0.2, 0.25) is 10.0 Å². The minimum Gasteiger partial charge on any atom is -0.406 e. The Labute approximate surface area is 186 Å². The fraction of sp³-hybridized carbons (Fsp3) is 0.429. The summed E-state index contributed by atoms with van der Waals surface area (Å²) in [5.41, 5.74) is 0. The first kappa shape index (κ1) is 25.7. The molecule has 31 heavy (non-hydrogen) atoms. The molecule has 2 rings (SSSR count). The molecule has 0 amide bonds. The van der Waals surface area contributed by atoms with Crippen molar-refractivity contribution in [2.45, 2.75) is 38.3 Å². The molecule has 0 aliphatic heterocycles. The summed E-state index contributed by atoms with van der Waals surface area (Å²) in [5.74, 6) is -0.565. The van der Waals surface area contributed by atoms with E-state index in [1.807, 2.05) is 60.7 Å². The maximum atomic E-state index is 11.9. The van der Waals surface area contributed by atoms with Crippen molar-refractivity contribution < 1.29 is 25.8 Å². The van der Waals surface area contributed by atoms with Gasteiger partial charge in [-0.05, 0) is 21.8 Å². The summed E-state index contributed by atoms with van der Waals surface area (Å²) in [6.45, 7) is 6.25. The largest absolute Gasteiger partial charge is 0.406 e. The number of nitrogens with one attached hydrogen (secondary N) is 1. The van der Waals surface area contributed by atoms with E-state index in [-0.39, 0.29) is 18.1 Å². The van der Waals surface area contributed by atoms with E-state index in [9.17, 15) is 16.8 Å². The number of hydrogen-bond donors (Lipinski definition) is 2. The Morgan fingerprint density at radius 3 is 1.74 bits per heavy atom. The Morgan fingerprint density at radius 1 is 0.935 bits per heavy atom. The second-order valence-electron chi connectivity index (χ2n) is 8.64. The third kappa shape index (κ3) is 7.23. The normalized spacial score (nSPS) is 14.4. The van der Waals surface area contributed by atoms with Crippen LogP contribution < -0.4 is 15.1 Å². The molecule has 0 saturated carbocycles. The minimum absolute atomic E-state index is 0.0319. The predicted molar refractivity (Wildman–Crippen MR) is 126 cm³/mol. The van der Waals surface area contributed by atoms with Crippen LogP contribution in [0.1, 0.15) is 27.2 Å². The van der Waals surface area contributed by atoms with Gasteiger partial charge in [-0.15, -0.1) is 0 Å². The first-order chi connectivity index (χ1) is 14.2. The fourth-order valence-corrected chi connectivity index (χ4v) is 9.74. The van der Waals surface area contributed by atoms with E-state index >= 15 is 0 Å². The lowest BCUT2D eigenvalue weighted by Gasteiger charge is -2.43. The van der Waals surface area contributed by atoms with Gasteiger partial charge in [0, 0.05) is 6.04 Å². The lowest BCUT2D eigenvalue weighted by molar-refractivity contribution is 0.260. The smallest absolute Gasteiger partial charge is 0.264 e. The molecule has 10 heteroatoms. The minimum atomic E-state index is -4.24. The molecule has 0 fully saturated rings.